The van der Waals surface area contributed by atoms with Crippen LogP contribution in [0, 0.1) is 5.92 Å². The topological polar surface area (TPSA) is 61.4 Å². The number of nitrogens with one attached hydrogen (secondary N) is 1. The fourth-order valence-electron chi connectivity index (χ4n) is 4.28. The van der Waals surface area contributed by atoms with E-state index < -0.39 is 0 Å². The number of aromatic nitrogens is 2. The molecule has 3 aromatic rings. The fraction of sp³-hybridized carbons (Fsp3) is 0.370. The SMILES string of the molecule is CCN(CCNC(=O)C1CCN(c2ncc(-c3ccccc3)cn2)CC1)Cc1ccccc1. The summed E-state index contributed by atoms with van der Waals surface area (Å²) in [6, 6.07) is 20.6. The molecule has 1 aromatic heterocycles. The number of piperidine rings is 1. The summed E-state index contributed by atoms with van der Waals surface area (Å²) < 4.78 is 0. The number of amides is 1. The monoisotopic (exact) mass is 443 g/mol. The number of carbonyl (C=O) groups excluding carboxylic acids is 1. The maximum Gasteiger partial charge on any atom is 0.225 e. The van der Waals surface area contributed by atoms with Gasteiger partial charge in [-0.3, -0.25) is 9.69 Å². The van der Waals surface area contributed by atoms with E-state index in [1.165, 1.54) is 5.56 Å². The Morgan fingerprint density at radius 3 is 2.24 bits per heavy atom. The molecule has 172 valence electrons. The number of hydrogen-bond acceptors (Lipinski definition) is 5. The first-order chi connectivity index (χ1) is 16.2. The molecule has 0 aliphatic carbocycles. The lowest BCUT2D eigenvalue weighted by Crippen LogP contribution is -2.43. The molecule has 6 nitrogen and oxygen atoms in total. The van der Waals surface area contributed by atoms with Crippen LogP contribution in [-0.4, -0.2) is 53.5 Å². The van der Waals surface area contributed by atoms with E-state index in [0.717, 1.165) is 62.6 Å². The lowest BCUT2D eigenvalue weighted by molar-refractivity contribution is -0.125. The Balaban J connectivity index is 1.20. The summed E-state index contributed by atoms with van der Waals surface area (Å²) in [5.74, 6) is 0.979. The minimum absolute atomic E-state index is 0.0639. The van der Waals surface area contributed by atoms with Gasteiger partial charge in [0.1, 0.15) is 0 Å². The Morgan fingerprint density at radius 1 is 0.970 bits per heavy atom. The molecule has 0 atom stereocenters. The molecule has 1 aliphatic heterocycles. The molecule has 33 heavy (non-hydrogen) atoms. The molecule has 1 N–H and O–H groups in total. The van der Waals surface area contributed by atoms with Gasteiger partial charge in [-0.25, -0.2) is 9.97 Å². The second kappa shape index (κ2) is 11.6. The fourth-order valence-corrected chi connectivity index (χ4v) is 4.28. The minimum Gasteiger partial charge on any atom is -0.355 e. The molecule has 0 saturated carbocycles. The molecule has 2 heterocycles. The van der Waals surface area contributed by atoms with Gasteiger partial charge in [-0.15, -0.1) is 0 Å². The number of likely N-dealkylation sites (N-methyl/N-ethyl adjacent to an activating group) is 1. The van der Waals surface area contributed by atoms with E-state index in [4.69, 9.17) is 0 Å². The summed E-state index contributed by atoms with van der Waals surface area (Å²) in [7, 11) is 0. The van der Waals surface area contributed by atoms with Gasteiger partial charge in [0.05, 0.1) is 0 Å². The molecule has 0 spiro atoms. The Morgan fingerprint density at radius 2 is 1.61 bits per heavy atom. The number of nitrogens with zero attached hydrogens (tertiary/aromatic N) is 4. The summed E-state index contributed by atoms with van der Waals surface area (Å²) in [6.07, 6.45) is 5.42. The molecule has 1 amide bonds. The van der Waals surface area contributed by atoms with Crippen LogP contribution >= 0.6 is 0 Å². The van der Waals surface area contributed by atoms with Crippen LogP contribution in [0.5, 0.6) is 0 Å². The Hall–Kier alpha value is -3.25. The highest BCUT2D eigenvalue weighted by molar-refractivity contribution is 5.79. The molecular weight excluding hydrogens is 410 g/mol. The zero-order chi connectivity index (χ0) is 22.9. The Bertz CT molecular complexity index is 986. The van der Waals surface area contributed by atoms with E-state index >= 15 is 0 Å². The first kappa shape index (κ1) is 22.9. The molecular formula is C27H33N5O. The second-order valence-electron chi connectivity index (χ2n) is 8.54. The maximum atomic E-state index is 12.7. The van der Waals surface area contributed by atoms with Crippen LogP contribution in [0.1, 0.15) is 25.3 Å². The predicted octanol–water partition coefficient (Wildman–Crippen LogP) is 4.00. The first-order valence-corrected chi connectivity index (χ1v) is 11.9. The lowest BCUT2D eigenvalue weighted by Gasteiger charge is -2.31. The van der Waals surface area contributed by atoms with Crippen LogP contribution in [0.3, 0.4) is 0 Å². The van der Waals surface area contributed by atoms with E-state index in [0.29, 0.717) is 6.54 Å². The molecule has 6 heteroatoms. The van der Waals surface area contributed by atoms with Crippen LogP contribution < -0.4 is 10.2 Å². The standard InChI is InChI=1S/C27H33N5O/c1-2-31(21-22-9-5-3-6-10-22)18-15-28-26(33)24-13-16-32(17-14-24)27-29-19-25(20-30-27)23-11-7-4-8-12-23/h3-12,19-20,24H,2,13-18,21H2,1H3,(H,28,33). The normalized spacial score (nSPS) is 14.4. The van der Waals surface area contributed by atoms with Gasteiger partial charge in [0.2, 0.25) is 11.9 Å². The average Bonchev–Trinajstić information content (AvgIpc) is 2.89. The summed E-state index contributed by atoms with van der Waals surface area (Å²) >= 11 is 0. The van der Waals surface area contributed by atoms with Gasteiger partial charge in [-0.1, -0.05) is 67.6 Å². The van der Waals surface area contributed by atoms with E-state index in [1.54, 1.807) is 0 Å². The van der Waals surface area contributed by atoms with Crippen molar-refractivity contribution in [3.63, 3.8) is 0 Å². The molecule has 0 unspecified atom stereocenters. The van der Waals surface area contributed by atoms with Crippen molar-refractivity contribution in [2.45, 2.75) is 26.3 Å². The van der Waals surface area contributed by atoms with Crippen molar-refractivity contribution < 1.29 is 4.79 Å². The van der Waals surface area contributed by atoms with Gasteiger partial charge in [0, 0.05) is 56.6 Å². The molecule has 4 rings (SSSR count). The highest BCUT2D eigenvalue weighted by atomic mass is 16.1. The third-order valence-corrected chi connectivity index (χ3v) is 6.32. The molecule has 1 saturated heterocycles. The van der Waals surface area contributed by atoms with Crippen LogP contribution in [0.2, 0.25) is 0 Å². The van der Waals surface area contributed by atoms with Gasteiger partial charge in [-0.05, 0) is 30.5 Å². The van der Waals surface area contributed by atoms with Crippen molar-refractivity contribution >= 4 is 11.9 Å². The van der Waals surface area contributed by atoms with Gasteiger partial charge < -0.3 is 10.2 Å². The second-order valence-corrected chi connectivity index (χ2v) is 8.54. The number of anilines is 1. The number of hydrogen-bond donors (Lipinski definition) is 1. The maximum absolute atomic E-state index is 12.7. The minimum atomic E-state index is 0.0639. The van der Waals surface area contributed by atoms with E-state index in [2.05, 4.69) is 68.4 Å². The van der Waals surface area contributed by atoms with Gasteiger partial charge in [0.15, 0.2) is 0 Å². The van der Waals surface area contributed by atoms with E-state index in [-0.39, 0.29) is 11.8 Å². The summed E-state index contributed by atoms with van der Waals surface area (Å²) in [6.45, 7) is 7.19. The lowest BCUT2D eigenvalue weighted by atomic mass is 9.96. The zero-order valence-electron chi connectivity index (χ0n) is 19.4. The smallest absolute Gasteiger partial charge is 0.225 e. The summed E-state index contributed by atoms with van der Waals surface area (Å²) in [5.41, 5.74) is 3.43. The van der Waals surface area contributed by atoms with Crippen molar-refractivity contribution in [1.29, 1.82) is 0 Å². The average molecular weight is 444 g/mol. The molecule has 2 aromatic carbocycles. The highest BCUT2D eigenvalue weighted by Crippen LogP contribution is 2.23. The Labute approximate surface area is 196 Å². The van der Waals surface area contributed by atoms with Crippen molar-refractivity contribution in [3.05, 3.63) is 78.6 Å². The summed E-state index contributed by atoms with van der Waals surface area (Å²) in [5, 5.41) is 3.15. The van der Waals surface area contributed by atoms with Crippen LogP contribution in [0.4, 0.5) is 5.95 Å². The molecule has 0 bridgehead atoms. The third-order valence-electron chi connectivity index (χ3n) is 6.32. The van der Waals surface area contributed by atoms with E-state index in [1.807, 2.05) is 36.7 Å². The van der Waals surface area contributed by atoms with Crippen molar-refractivity contribution in [3.8, 4) is 11.1 Å². The molecule has 1 aliphatic rings. The van der Waals surface area contributed by atoms with Crippen molar-refractivity contribution in [2.75, 3.05) is 37.6 Å². The number of rotatable bonds is 9. The number of carbonyl (C=O) groups is 1. The highest BCUT2D eigenvalue weighted by Gasteiger charge is 2.26. The van der Waals surface area contributed by atoms with Crippen LogP contribution in [0.25, 0.3) is 11.1 Å². The zero-order valence-corrected chi connectivity index (χ0v) is 19.4. The quantitative estimate of drug-likeness (QED) is 0.542. The van der Waals surface area contributed by atoms with Crippen LogP contribution in [-0.2, 0) is 11.3 Å². The van der Waals surface area contributed by atoms with Crippen molar-refractivity contribution in [1.82, 2.24) is 20.2 Å². The predicted molar refractivity (Wildman–Crippen MR) is 133 cm³/mol. The first-order valence-electron chi connectivity index (χ1n) is 11.9. The van der Waals surface area contributed by atoms with E-state index in [9.17, 15) is 4.79 Å². The van der Waals surface area contributed by atoms with Crippen LogP contribution in [0.15, 0.2) is 73.1 Å². The van der Waals surface area contributed by atoms with Gasteiger partial charge >= 0.3 is 0 Å². The third kappa shape index (κ3) is 6.39. The van der Waals surface area contributed by atoms with Gasteiger partial charge in [-0.2, -0.15) is 0 Å². The largest absolute Gasteiger partial charge is 0.355 e. The van der Waals surface area contributed by atoms with Crippen molar-refractivity contribution in [2.24, 2.45) is 5.92 Å². The summed E-state index contributed by atoms with van der Waals surface area (Å²) in [4.78, 5) is 26.4. The number of benzene rings is 2. The van der Waals surface area contributed by atoms with Gasteiger partial charge in [0.25, 0.3) is 0 Å². The molecule has 1 fully saturated rings. The molecule has 0 radical (unpaired) electrons. The Kier molecular flexibility index (Phi) is 8.04.